The van der Waals surface area contributed by atoms with Crippen LogP contribution in [0.2, 0.25) is 0 Å². The first-order valence-electron chi connectivity index (χ1n) is 6.41. The van der Waals surface area contributed by atoms with Gasteiger partial charge in [-0.2, -0.15) is 4.39 Å². The summed E-state index contributed by atoms with van der Waals surface area (Å²) in [6.45, 7) is 2.38. The van der Waals surface area contributed by atoms with Crippen LogP contribution in [0, 0.1) is 15.9 Å². The molecule has 5 nitrogen and oxygen atoms in total. The van der Waals surface area contributed by atoms with Crippen molar-refractivity contribution in [1.82, 2.24) is 10.2 Å². The van der Waals surface area contributed by atoms with Crippen molar-refractivity contribution < 1.29 is 9.31 Å². The Morgan fingerprint density at radius 1 is 1.47 bits per heavy atom. The third-order valence-corrected chi connectivity index (χ3v) is 3.55. The predicted octanol–water partition coefficient (Wildman–Crippen LogP) is 1.92. The summed E-state index contributed by atoms with van der Waals surface area (Å²) in [7, 11) is 2.08. The van der Waals surface area contributed by atoms with E-state index in [1.165, 1.54) is 12.1 Å². The normalized spacial score (nSPS) is 17.6. The number of rotatable bonds is 4. The fourth-order valence-corrected chi connectivity index (χ4v) is 2.31. The van der Waals surface area contributed by atoms with Gasteiger partial charge in [0.15, 0.2) is 0 Å². The Morgan fingerprint density at radius 2 is 2.16 bits per heavy atom. The highest BCUT2D eigenvalue weighted by molar-refractivity contribution is 5.36. The molecule has 1 fully saturated rings. The van der Waals surface area contributed by atoms with Crippen LogP contribution in [0.15, 0.2) is 18.2 Å². The molecule has 0 atom stereocenters. The molecule has 0 aliphatic carbocycles. The second kappa shape index (κ2) is 6.08. The smallest absolute Gasteiger partial charge is 0.305 e. The van der Waals surface area contributed by atoms with Crippen molar-refractivity contribution in [2.45, 2.75) is 25.4 Å². The zero-order valence-corrected chi connectivity index (χ0v) is 10.9. The summed E-state index contributed by atoms with van der Waals surface area (Å²) in [4.78, 5) is 12.2. The van der Waals surface area contributed by atoms with E-state index >= 15 is 0 Å². The molecule has 0 saturated carbocycles. The first kappa shape index (κ1) is 13.9. The Morgan fingerprint density at radius 3 is 2.79 bits per heavy atom. The summed E-state index contributed by atoms with van der Waals surface area (Å²) in [6, 6.07) is 4.65. The molecule has 104 valence electrons. The van der Waals surface area contributed by atoms with Crippen LogP contribution in [-0.2, 0) is 6.54 Å². The molecule has 0 amide bonds. The Hall–Kier alpha value is -1.53. The topological polar surface area (TPSA) is 58.4 Å². The number of likely N-dealkylation sites (tertiary alicyclic amines) is 1. The minimum absolute atomic E-state index is 0.335. The zero-order chi connectivity index (χ0) is 13.8. The van der Waals surface area contributed by atoms with Crippen molar-refractivity contribution >= 4 is 5.69 Å². The molecule has 1 aliphatic heterocycles. The van der Waals surface area contributed by atoms with Crippen LogP contribution < -0.4 is 5.32 Å². The maximum Gasteiger partial charge on any atom is 0.305 e. The van der Waals surface area contributed by atoms with Crippen molar-refractivity contribution in [3.05, 3.63) is 39.7 Å². The van der Waals surface area contributed by atoms with Gasteiger partial charge in [0.05, 0.1) is 4.92 Å². The number of halogens is 1. The molecule has 0 unspecified atom stereocenters. The first-order valence-corrected chi connectivity index (χ1v) is 6.41. The Kier molecular flexibility index (Phi) is 4.44. The van der Waals surface area contributed by atoms with Crippen LogP contribution in [0.25, 0.3) is 0 Å². The molecule has 2 rings (SSSR count). The number of piperidine rings is 1. The Labute approximate surface area is 111 Å². The lowest BCUT2D eigenvalue weighted by Crippen LogP contribution is -2.40. The van der Waals surface area contributed by atoms with Gasteiger partial charge in [0.1, 0.15) is 0 Å². The van der Waals surface area contributed by atoms with Crippen molar-refractivity contribution in [1.29, 1.82) is 0 Å². The maximum atomic E-state index is 13.8. The van der Waals surface area contributed by atoms with Crippen LogP contribution in [-0.4, -0.2) is 36.0 Å². The van der Waals surface area contributed by atoms with Crippen molar-refractivity contribution in [3.8, 4) is 0 Å². The number of nitro groups is 1. The molecule has 1 heterocycles. The molecular formula is C13H18FN3O2. The van der Waals surface area contributed by atoms with Crippen LogP contribution in [0.3, 0.4) is 0 Å². The Bertz CT molecular complexity index is 459. The van der Waals surface area contributed by atoms with E-state index in [4.69, 9.17) is 0 Å². The lowest BCUT2D eigenvalue weighted by Gasteiger charge is -2.29. The zero-order valence-electron chi connectivity index (χ0n) is 10.9. The maximum absolute atomic E-state index is 13.8. The summed E-state index contributed by atoms with van der Waals surface area (Å²) in [5.41, 5.74) is -0.101. The highest BCUT2D eigenvalue weighted by atomic mass is 19.1. The average Bonchev–Trinajstić information content (AvgIpc) is 2.39. The first-order chi connectivity index (χ1) is 9.08. The van der Waals surface area contributed by atoms with E-state index in [0.717, 1.165) is 25.9 Å². The highest BCUT2D eigenvalue weighted by Gasteiger charge is 2.19. The summed E-state index contributed by atoms with van der Waals surface area (Å²) in [6.07, 6.45) is 2.04. The van der Waals surface area contributed by atoms with Crippen molar-refractivity contribution in [2.75, 3.05) is 20.1 Å². The Balaban J connectivity index is 1.96. The van der Waals surface area contributed by atoms with Crippen molar-refractivity contribution in [3.63, 3.8) is 0 Å². The van der Waals surface area contributed by atoms with Gasteiger partial charge >= 0.3 is 5.69 Å². The number of hydrogen-bond donors (Lipinski definition) is 1. The molecule has 1 aromatic carbocycles. The van der Waals surface area contributed by atoms with E-state index in [2.05, 4.69) is 17.3 Å². The molecule has 0 aromatic heterocycles. The fraction of sp³-hybridized carbons (Fsp3) is 0.538. The summed E-state index contributed by atoms with van der Waals surface area (Å²) in [5.74, 6) is -0.729. The second-order valence-corrected chi connectivity index (χ2v) is 4.97. The minimum atomic E-state index is -0.729. The fourth-order valence-electron chi connectivity index (χ4n) is 2.31. The third-order valence-electron chi connectivity index (χ3n) is 3.55. The van der Waals surface area contributed by atoms with Gasteiger partial charge in [-0.05, 0) is 33.0 Å². The number of nitrogens with zero attached hydrogens (tertiary/aromatic N) is 2. The van der Waals surface area contributed by atoms with E-state index in [1.54, 1.807) is 6.07 Å². The number of hydrogen-bond acceptors (Lipinski definition) is 4. The van der Waals surface area contributed by atoms with Gasteiger partial charge in [-0.1, -0.05) is 12.1 Å². The van der Waals surface area contributed by atoms with Crippen LogP contribution in [0.5, 0.6) is 0 Å². The van der Waals surface area contributed by atoms with Crippen LogP contribution in [0.1, 0.15) is 18.4 Å². The summed E-state index contributed by atoms with van der Waals surface area (Å²) in [5, 5.41) is 13.9. The number of nitrogens with one attached hydrogen (secondary N) is 1. The van der Waals surface area contributed by atoms with Gasteiger partial charge in [0, 0.05) is 24.2 Å². The van der Waals surface area contributed by atoms with Gasteiger partial charge in [0.25, 0.3) is 0 Å². The SMILES string of the molecule is CN1CCC(NCc2cccc([N+](=O)[O-])c2F)CC1. The van der Waals surface area contributed by atoms with Crippen molar-refractivity contribution in [2.24, 2.45) is 0 Å². The molecule has 0 spiro atoms. The van der Waals surface area contributed by atoms with Gasteiger partial charge in [0.2, 0.25) is 5.82 Å². The van der Waals surface area contributed by atoms with Gasteiger partial charge in [-0.15, -0.1) is 0 Å². The van der Waals surface area contributed by atoms with Crippen LogP contribution in [0.4, 0.5) is 10.1 Å². The van der Waals surface area contributed by atoms with E-state index < -0.39 is 16.4 Å². The third kappa shape index (κ3) is 3.48. The molecule has 1 aliphatic rings. The molecule has 0 radical (unpaired) electrons. The quantitative estimate of drug-likeness (QED) is 0.669. The minimum Gasteiger partial charge on any atom is -0.310 e. The summed E-state index contributed by atoms with van der Waals surface area (Å²) >= 11 is 0. The highest BCUT2D eigenvalue weighted by Crippen LogP contribution is 2.20. The lowest BCUT2D eigenvalue weighted by atomic mass is 10.0. The van der Waals surface area contributed by atoms with E-state index in [-0.39, 0.29) is 0 Å². The largest absolute Gasteiger partial charge is 0.310 e. The van der Waals surface area contributed by atoms with Crippen LogP contribution >= 0.6 is 0 Å². The molecule has 19 heavy (non-hydrogen) atoms. The summed E-state index contributed by atoms with van der Waals surface area (Å²) < 4.78 is 13.8. The number of nitro benzene ring substituents is 1. The monoisotopic (exact) mass is 267 g/mol. The van der Waals surface area contributed by atoms with E-state index in [1.807, 2.05) is 0 Å². The van der Waals surface area contributed by atoms with Gasteiger partial charge in [-0.25, -0.2) is 0 Å². The van der Waals surface area contributed by atoms with E-state index in [0.29, 0.717) is 18.2 Å². The van der Waals surface area contributed by atoms with Gasteiger partial charge < -0.3 is 10.2 Å². The van der Waals surface area contributed by atoms with Gasteiger partial charge in [-0.3, -0.25) is 10.1 Å². The molecule has 6 heteroatoms. The second-order valence-electron chi connectivity index (χ2n) is 4.97. The van der Waals surface area contributed by atoms with E-state index in [9.17, 15) is 14.5 Å². The lowest BCUT2D eigenvalue weighted by molar-refractivity contribution is -0.387. The molecule has 1 saturated heterocycles. The number of benzene rings is 1. The molecule has 0 bridgehead atoms. The molecular weight excluding hydrogens is 249 g/mol. The molecule has 1 N–H and O–H groups in total. The molecule has 1 aromatic rings. The standard InChI is InChI=1S/C13H18FN3O2/c1-16-7-5-11(6-8-16)15-9-10-3-2-4-12(13(10)14)17(18)19/h2-4,11,15H,5-9H2,1H3. The predicted molar refractivity (Wildman–Crippen MR) is 70.4 cm³/mol. The average molecular weight is 267 g/mol.